The fourth-order valence-corrected chi connectivity index (χ4v) is 3.66. The summed E-state index contributed by atoms with van der Waals surface area (Å²) in [6.07, 6.45) is 0. The van der Waals surface area contributed by atoms with E-state index in [0.717, 1.165) is 5.56 Å². The van der Waals surface area contributed by atoms with Crippen molar-refractivity contribution in [1.82, 2.24) is 10.0 Å². The smallest absolute Gasteiger partial charge is 0.255 e. The summed E-state index contributed by atoms with van der Waals surface area (Å²) in [5.41, 5.74) is 1.03. The SMILES string of the molecule is CCNC(=O)c1cc(S(=O)(=O)N[C@H](C)c2ccccc2)ccc1OC. The van der Waals surface area contributed by atoms with E-state index in [9.17, 15) is 13.2 Å². The maximum atomic E-state index is 12.7. The third-order valence-electron chi connectivity index (χ3n) is 3.69. The number of carbonyl (C=O) groups is 1. The molecule has 0 saturated heterocycles. The summed E-state index contributed by atoms with van der Waals surface area (Å²) in [7, 11) is -2.36. The lowest BCUT2D eigenvalue weighted by molar-refractivity contribution is 0.0952. The van der Waals surface area contributed by atoms with E-state index in [0.29, 0.717) is 12.3 Å². The molecule has 134 valence electrons. The van der Waals surface area contributed by atoms with Crippen molar-refractivity contribution < 1.29 is 17.9 Å². The lowest BCUT2D eigenvalue weighted by Crippen LogP contribution is -2.28. The quantitative estimate of drug-likeness (QED) is 0.792. The van der Waals surface area contributed by atoms with Gasteiger partial charge in [-0.3, -0.25) is 4.79 Å². The normalized spacial score (nSPS) is 12.4. The molecular formula is C18H22N2O4S. The van der Waals surface area contributed by atoms with Crippen LogP contribution in [0.4, 0.5) is 0 Å². The molecule has 0 unspecified atom stereocenters. The molecule has 0 aliphatic heterocycles. The Labute approximate surface area is 148 Å². The summed E-state index contributed by atoms with van der Waals surface area (Å²) in [6, 6.07) is 13.1. The van der Waals surface area contributed by atoms with Crippen molar-refractivity contribution in [1.29, 1.82) is 0 Å². The number of rotatable bonds is 7. The highest BCUT2D eigenvalue weighted by atomic mass is 32.2. The van der Waals surface area contributed by atoms with Crippen LogP contribution in [0.2, 0.25) is 0 Å². The van der Waals surface area contributed by atoms with Crippen molar-refractivity contribution in [2.45, 2.75) is 24.8 Å². The Morgan fingerprint density at radius 2 is 1.84 bits per heavy atom. The van der Waals surface area contributed by atoms with Crippen molar-refractivity contribution in [2.24, 2.45) is 0 Å². The second-order valence-corrected chi connectivity index (χ2v) is 7.19. The molecule has 25 heavy (non-hydrogen) atoms. The van der Waals surface area contributed by atoms with Crippen molar-refractivity contribution in [3.05, 3.63) is 59.7 Å². The maximum Gasteiger partial charge on any atom is 0.255 e. The molecule has 7 heteroatoms. The number of ether oxygens (including phenoxy) is 1. The van der Waals surface area contributed by atoms with E-state index in [1.54, 1.807) is 13.8 Å². The van der Waals surface area contributed by atoms with Crippen LogP contribution < -0.4 is 14.8 Å². The van der Waals surface area contributed by atoms with Gasteiger partial charge in [-0.05, 0) is 37.6 Å². The molecule has 0 aliphatic carbocycles. The van der Waals surface area contributed by atoms with Gasteiger partial charge in [-0.2, -0.15) is 0 Å². The van der Waals surface area contributed by atoms with E-state index >= 15 is 0 Å². The number of carbonyl (C=O) groups excluding carboxylic acids is 1. The first-order chi connectivity index (χ1) is 11.9. The molecule has 1 amide bonds. The zero-order valence-corrected chi connectivity index (χ0v) is 15.3. The molecular weight excluding hydrogens is 340 g/mol. The van der Waals surface area contributed by atoms with Crippen LogP contribution in [0.25, 0.3) is 0 Å². The van der Waals surface area contributed by atoms with Crippen molar-refractivity contribution >= 4 is 15.9 Å². The van der Waals surface area contributed by atoms with Gasteiger partial charge >= 0.3 is 0 Å². The highest BCUT2D eigenvalue weighted by Gasteiger charge is 2.21. The Kier molecular flexibility index (Phi) is 6.17. The fraction of sp³-hybridized carbons (Fsp3) is 0.278. The number of methoxy groups -OCH3 is 1. The van der Waals surface area contributed by atoms with E-state index in [4.69, 9.17) is 4.74 Å². The van der Waals surface area contributed by atoms with Gasteiger partial charge in [-0.25, -0.2) is 13.1 Å². The van der Waals surface area contributed by atoms with E-state index in [-0.39, 0.29) is 16.4 Å². The number of benzene rings is 2. The van der Waals surface area contributed by atoms with Crippen LogP contribution in [0.15, 0.2) is 53.4 Å². The maximum absolute atomic E-state index is 12.7. The largest absolute Gasteiger partial charge is 0.496 e. The summed E-state index contributed by atoms with van der Waals surface area (Å²) in [4.78, 5) is 12.2. The minimum Gasteiger partial charge on any atom is -0.496 e. The Morgan fingerprint density at radius 1 is 1.16 bits per heavy atom. The molecule has 0 aliphatic rings. The zero-order chi connectivity index (χ0) is 18.4. The Balaban J connectivity index is 2.33. The molecule has 0 saturated carbocycles. The van der Waals surface area contributed by atoms with Crippen LogP contribution in [0.1, 0.15) is 35.8 Å². The number of nitrogens with one attached hydrogen (secondary N) is 2. The Hall–Kier alpha value is -2.38. The molecule has 0 heterocycles. The predicted octanol–water partition coefficient (Wildman–Crippen LogP) is 2.48. The number of sulfonamides is 1. The molecule has 0 radical (unpaired) electrons. The van der Waals surface area contributed by atoms with Gasteiger partial charge < -0.3 is 10.1 Å². The highest BCUT2D eigenvalue weighted by molar-refractivity contribution is 7.89. The van der Waals surface area contributed by atoms with Crippen LogP contribution in [0.5, 0.6) is 5.75 Å². The summed E-state index contributed by atoms with van der Waals surface area (Å²) in [5, 5.41) is 2.65. The molecule has 2 aromatic carbocycles. The van der Waals surface area contributed by atoms with Crippen LogP contribution >= 0.6 is 0 Å². The van der Waals surface area contributed by atoms with Gasteiger partial charge in [0.15, 0.2) is 0 Å². The van der Waals surface area contributed by atoms with Gasteiger partial charge in [0, 0.05) is 12.6 Å². The Bertz CT molecular complexity index is 835. The lowest BCUT2D eigenvalue weighted by Gasteiger charge is -2.16. The second-order valence-electron chi connectivity index (χ2n) is 5.48. The van der Waals surface area contributed by atoms with Crippen LogP contribution in [-0.2, 0) is 10.0 Å². The topological polar surface area (TPSA) is 84.5 Å². The summed E-state index contributed by atoms with van der Waals surface area (Å²) >= 11 is 0. The van der Waals surface area contributed by atoms with Gasteiger partial charge in [0.2, 0.25) is 10.0 Å². The first-order valence-electron chi connectivity index (χ1n) is 7.92. The van der Waals surface area contributed by atoms with Crippen molar-refractivity contribution in [2.75, 3.05) is 13.7 Å². The average molecular weight is 362 g/mol. The summed E-state index contributed by atoms with van der Waals surface area (Å²) < 4.78 is 33.1. The molecule has 6 nitrogen and oxygen atoms in total. The van der Waals surface area contributed by atoms with Gasteiger partial charge in [0.25, 0.3) is 5.91 Å². The minimum absolute atomic E-state index is 0.0114. The third-order valence-corrected chi connectivity index (χ3v) is 5.23. The minimum atomic E-state index is -3.79. The molecule has 2 rings (SSSR count). The van der Waals surface area contributed by atoms with Gasteiger partial charge in [-0.15, -0.1) is 0 Å². The molecule has 2 aromatic rings. The predicted molar refractivity (Wildman–Crippen MR) is 96.2 cm³/mol. The second kappa shape index (κ2) is 8.13. The van der Waals surface area contributed by atoms with Crippen LogP contribution in [-0.4, -0.2) is 28.0 Å². The Morgan fingerprint density at radius 3 is 2.44 bits per heavy atom. The lowest BCUT2D eigenvalue weighted by atomic mass is 10.1. The highest BCUT2D eigenvalue weighted by Crippen LogP contribution is 2.24. The van der Waals surface area contributed by atoms with Gasteiger partial charge in [0.05, 0.1) is 17.6 Å². The van der Waals surface area contributed by atoms with E-state index < -0.39 is 16.1 Å². The zero-order valence-electron chi connectivity index (χ0n) is 14.4. The van der Waals surface area contributed by atoms with E-state index in [2.05, 4.69) is 10.0 Å². The molecule has 1 atom stereocenters. The molecule has 0 aromatic heterocycles. The first kappa shape index (κ1) is 19.0. The first-order valence-corrected chi connectivity index (χ1v) is 9.41. The summed E-state index contributed by atoms with van der Waals surface area (Å²) in [5.74, 6) is -0.0616. The van der Waals surface area contributed by atoms with E-state index in [1.165, 1.54) is 25.3 Å². The number of amides is 1. The fourth-order valence-electron chi connectivity index (χ4n) is 2.40. The number of hydrogen-bond donors (Lipinski definition) is 2. The van der Waals surface area contributed by atoms with Crippen LogP contribution in [0.3, 0.4) is 0 Å². The number of hydrogen-bond acceptors (Lipinski definition) is 4. The molecule has 0 spiro atoms. The van der Waals surface area contributed by atoms with Crippen molar-refractivity contribution in [3.63, 3.8) is 0 Å². The summed E-state index contributed by atoms with van der Waals surface area (Å²) in [6.45, 7) is 3.98. The van der Waals surface area contributed by atoms with Crippen LogP contribution in [0, 0.1) is 0 Å². The molecule has 0 bridgehead atoms. The monoisotopic (exact) mass is 362 g/mol. The van der Waals surface area contributed by atoms with Gasteiger partial charge in [0.1, 0.15) is 5.75 Å². The van der Waals surface area contributed by atoms with Gasteiger partial charge in [-0.1, -0.05) is 30.3 Å². The average Bonchev–Trinajstić information content (AvgIpc) is 2.61. The molecule has 2 N–H and O–H groups in total. The van der Waals surface area contributed by atoms with Crippen molar-refractivity contribution in [3.8, 4) is 5.75 Å². The molecule has 0 fully saturated rings. The van der Waals surface area contributed by atoms with E-state index in [1.807, 2.05) is 30.3 Å². The third kappa shape index (κ3) is 4.58. The standard InChI is InChI=1S/C18H22N2O4S/c1-4-19-18(21)16-12-15(10-11-17(16)24-3)25(22,23)20-13(2)14-8-6-5-7-9-14/h5-13,20H,4H2,1-3H3,(H,19,21)/t13-/m1/s1.